The van der Waals surface area contributed by atoms with Crippen LogP contribution in [0.3, 0.4) is 0 Å². The lowest BCUT2D eigenvalue weighted by Gasteiger charge is -2.29. The predicted octanol–water partition coefficient (Wildman–Crippen LogP) is 1.48. The Bertz CT molecular complexity index is 407. The van der Waals surface area contributed by atoms with Gasteiger partial charge in [0.05, 0.1) is 0 Å². The second kappa shape index (κ2) is 6.82. The molecular formula is C14H22N4S. The first kappa shape index (κ1) is 14.2. The summed E-state index contributed by atoms with van der Waals surface area (Å²) >= 11 is 5.52. The van der Waals surface area contributed by atoms with Crippen molar-refractivity contribution in [1.82, 2.24) is 20.1 Å². The van der Waals surface area contributed by atoms with Gasteiger partial charge < -0.3 is 15.1 Å². The van der Waals surface area contributed by atoms with Crippen molar-refractivity contribution in [3.05, 3.63) is 30.1 Å². The molecule has 0 bridgehead atoms. The zero-order valence-corrected chi connectivity index (χ0v) is 12.5. The van der Waals surface area contributed by atoms with E-state index in [-0.39, 0.29) is 0 Å². The van der Waals surface area contributed by atoms with Crippen molar-refractivity contribution in [2.45, 2.75) is 25.4 Å². The van der Waals surface area contributed by atoms with Gasteiger partial charge in [-0.25, -0.2) is 0 Å². The van der Waals surface area contributed by atoms with Crippen LogP contribution in [-0.2, 0) is 6.54 Å². The van der Waals surface area contributed by atoms with Crippen molar-refractivity contribution in [1.29, 1.82) is 0 Å². The maximum Gasteiger partial charge on any atom is 0.169 e. The molecule has 1 saturated heterocycles. The number of nitrogens with zero attached hydrogens (tertiary/aromatic N) is 3. The molecule has 0 amide bonds. The van der Waals surface area contributed by atoms with E-state index in [4.69, 9.17) is 12.2 Å². The molecule has 19 heavy (non-hydrogen) atoms. The summed E-state index contributed by atoms with van der Waals surface area (Å²) in [6, 6.07) is 4.55. The minimum absolute atomic E-state index is 0.545. The molecule has 1 N–H and O–H groups in total. The van der Waals surface area contributed by atoms with Gasteiger partial charge in [-0.2, -0.15) is 0 Å². The average Bonchev–Trinajstić information content (AvgIpc) is 2.84. The Hall–Kier alpha value is -1.20. The van der Waals surface area contributed by atoms with Crippen LogP contribution in [0.15, 0.2) is 24.5 Å². The molecule has 4 nitrogen and oxygen atoms in total. The Balaban J connectivity index is 1.85. The molecule has 2 rings (SSSR count). The van der Waals surface area contributed by atoms with Crippen LogP contribution >= 0.6 is 12.2 Å². The topological polar surface area (TPSA) is 31.4 Å². The van der Waals surface area contributed by atoms with E-state index < -0.39 is 0 Å². The number of aromatic nitrogens is 1. The molecule has 0 spiro atoms. The lowest BCUT2D eigenvalue weighted by molar-refractivity contribution is 0.283. The molecule has 1 aliphatic rings. The van der Waals surface area contributed by atoms with E-state index in [1.54, 1.807) is 6.20 Å². The summed E-state index contributed by atoms with van der Waals surface area (Å²) in [4.78, 5) is 8.66. The maximum absolute atomic E-state index is 5.52. The third-order valence-electron chi connectivity index (χ3n) is 3.38. The largest absolute Gasteiger partial charge is 0.358 e. The number of nitrogens with one attached hydrogen (secondary N) is 1. The van der Waals surface area contributed by atoms with Crippen molar-refractivity contribution >= 4 is 17.3 Å². The second-order valence-corrected chi connectivity index (χ2v) is 5.66. The van der Waals surface area contributed by atoms with Gasteiger partial charge in [0.25, 0.3) is 0 Å². The van der Waals surface area contributed by atoms with Crippen molar-refractivity contribution in [3.63, 3.8) is 0 Å². The van der Waals surface area contributed by atoms with Gasteiger partial charge in [0.2, 0.25) is 0 Å². The lowest BCUT2D eigenvalue weighted by atomic mass is 10.2. The molecule has 1 unspecified atom stereocenters. The molecule has 0 radical (unpaired) electrons. The van der Waals surface area contributed by atoms with Gasteiger partial charge in [0, 0.05) is 38.1 Å². The molecule has 1 fully saturated rings. The molecule has 1 aromatic heterocycles. The highest BCUT2D eigenvalue weighted by Crippen LogP contribution is 2.17. The summed E-state index contributed by atoms with van der Waals surface area (Å²) in [5.41, 5.74) is 1.16. The SMILES string of the molecule is CN(C)CC1CCCN1C(=S)NCc1cccnc1. The van der Waals surface area contributed by atoms with Crippen molar-refractivity contribution < 1.29 is 0 Å². The molecule has 1 atom stereocenters. The van der Waals surface area contributed by atoms with Gasteiger partial charge in [0.15, 0.2) is 5.11 Å². The van der Waals surface area contributed by atoms with E-state index in [0.29, 0.717) is 6.04 Å². The number of rotatable bonds is 4. The van der Waals surface area contributed by atoms with Crippen LogP contribution in [0.4, 0.5) is 0 Å². The van der Waals surface area contributed by atoms with Crippen LogP contribution in [0.1, 0.15) is 18.4 Å². The van der Waals surface area contributed by atoms with Gasteiger partial charge in [-0.05, 0) is 50.8 Å². The fourth-order valence-electron chi connectivity index (χ4n) is 2.50. The minimum Gasteiger partial charge on any atom is -0.358 e. The van der Waals surface area contributed by atoms with Gasteiger partial charge >= 0.3 is 0 Å². The van der Waals surface area contributed by atoms with Crippen LogP contribution < -0.4 is 5.32 Å². The zero-order chi connectivity index (χ0) is 13.7. The lowest BCUT2D eigenvalue weighted by Crippen LogP contribution is -2.45. The summed E-state index contributed by atoms with van der Waals surface area (Å²) in [5.74, 6) is 0. The van der Waals surface area contributed by atoms with E-state index in [0.717, 1.165) is 30.3 Å². The Kier molecular flexibility index (Phi) is 5.10. The monoisotopic (exact) mass is 278 g/mol. The fourth-order valence-corrected chi connectivity index (χ4v) is 2.81. The third kappa shape index (κ3) is 4.14. The molecule has 104 valence electrons. The molecule has 0 aromatic carbocycles. The highest BCUT2D eigenvalue weighted by molar-refractivity contribution is 7.80. The average molecular weight is 278 g/mol. The molecule has 0 saturated carbocycles. The minimum atomic E-state index is 0.545. The van der Waals surface area contributed by atoms with E-state index in [2.05, 4.69) is 40.3 Å². The number of pyridine rings is 1. The molecule has 1 aromatic rings. The standard InChI is InChI=1S/C14H22N4S/c1-17(2)11-13-6-4-8-18(13)14(19)16-10-12-5-3-7-15-9-12/h3,5,7,9,13H,4,6,8,10-11H2,1-2H3,(H,16,19). The van der Waals surface area contributed by atoms with Crippen LogP contribution in [-0.4, -0.2) is 53.1 Å². The van der Waals surface area contributed by atoms with Gasteiger partial charge in [-0.15, -0.1) is 0 Å². The molecule has 2 heterocycles. The maximum atomic E-state index is 5.52. The van der Waals surface area contributed by atoms with Gasteiger partial charge in [-0.3, -0.25) is 4.98 Å². The Labute approximate surface area is 120 Å². The summed E-state index contributed by atoms with van der Waals surface area (Å²) in [7, 11) is 4.23. The van der Waals surface area contributed by atoms with Crippen LogP contribution in [0.2, 0.25) is 0 Å². The first-order chi connectivity index (χ1) is 9.16. The van der Waals surface area contributed by atoms with Gasteiger partial charge in [0.1, 0.15) is 0 Å². The zero-order valence-electron chi connectivity index (χ0n) is 11.7. The third-order valence-corrected chi connectivity index (χ3v) is 3.76. The van der Waals surface area contributed by atoms with E-state index in [9.17, 15) is 0 Å². The molecule has 0 aliphatic carbocycles. The van der Waals surface area contributed by atoms with E-state index >= 15 is 0 Å². The van der Waals surface area contributed by atoms with Gasteiger partial charge in [-0.1, -0.05) is 6.07 Å². The van der Waals surface area contributed by atoms with Crippen molar-refractivity contribution in [2.24, 2.45) is 0 Å². The number of hydrogen-bond donors (Lipinski definition) is 1. The van der Waals surface area contributed by atoms with E-state index in [1.807, 2.05) is 12.3 Å². The molecule has 1 aliphatic heterocycles. The number of thiocarbonyl (C=S) groups is 1. The Morgan fingerprint density at radius 2 is 2.42 bits per heavy atom. The van der Waals surface area contributed by atoms with Crippen molar-refractivity contribution in [2.75, 3.05) is 27.2 Å². The summed E-state index contributed by atoms with van der Waals surface area (Å²) in [6.07, 6.45) is 6.12. The normalized spacial score (nSPS) is 18.9. The smallest absolute Gasteiger partial charge is 0.169 e. The van der Waals surface area contributed by atoms with Crippen LogP contribution in [0.5, 0.6) is 0 Å². The van der Waals surface area contributed by atoms with Crippen LogP contribution in [0, 0.1) is 0 Å². The summed E-state index contributed by atoms with van der Waals surface area (Å²) in [5, 5.41) is 4.21. The predicted molar refractivity (Wildman–Crippen MR) is 82.0 cm³/mol. The first-order valence-corrected chi connectivity index (χ1v) is 7.16. The van der Waals surface area contributed by atoms with Crippen molar-refractivity contribution in [3.8, 4) is 0 Å². The Morgan fingerprint density at radius 3 is 3.11 bits per heavy atom. The highest BCUT2D eigenvalue weighted by Gasteiger charge is 2.26. The van der Waals surface area contributed by atoms with E-state index in [1.165, 1.54) is 12.8 Å². The molecule has 5 heteroatoms. The highest BCUT2D eigenvalue weighted by atomic mass is 32.1. The van der Waals surface area contributed by atoms with Crippen LogP contribution in [0.25, 0.3) is 0 Å². The summed E-state index contributed by atoms with van der Waals surface area (Å²) in [6.45, 7) is 2.88. The second-order valence-electron chi connectivity index (χ2n) is 5.27. The fraction of sp³-hybridized carbons (Fsp3) is 0.571. The molecular weight excluding hydrogens is 256 g/mol. The number of likely N-dealkylation sites (N-methyl/N-ethyl adjacent to an activating group) is 1. The summed E-state index contributed by atoms with van der Waals surface area (Å²) < 4.78 is 0. The quantitative estimate of drug-likeness (QED) is 0.843. The number of likely N-dealkylation sites (tertiary alicyclic amines) is 1. The first-order valence-electron chi connectivity index (χ1n) is 6.75. The number of hydrogen-bond acceptors (Lipinski definition) is 3. The Morgan fingerprint density at radius 1 is 1.58 bits per heavy atom.